The number of hydrogen-bond acceptors (Lipinski definition) is 5. The van der Waals surface area contributed by atoms with Gasteiger partial charge in [0.05, 0.1) is 13.4 Å². The second-order valence-electron chi connectivity index (χ2n) is 4.06. The third-order valence-electron chi connectivity index (χ3n) is 2.36. The third kappa shape index (κ3) is 4.81. The molecule has 24 heavy (non-hydrogen) atoms. The summed E-state index contributed by atoms with van der Waals surface area (Å²) in [6.45, 7) is 3.29. The molecule has 0 spiro atoms. The molecule has 0 amide bonds. The van der Waals surface area contributed by atoms with Gasteiger partial charge < -0.3 is 14.0 Å². The van der Waals surface area contributed by atoms with Gasteiger partial charge in [0.25, 0.3) is 6.10 Å². The van der Waals surface area contributed by atoms with Gasteiger partial charge in [0.2, 0.25) is 0 Å². The van der Waals surface area contributed by atoms with Crippen LogP contribution < -0.4 is 9.47 Å². The largest absolute Gasteiger partial charge is 0.743 e. The molecule has 0 saturated heterocycles. The molecule has 0 radical (unpaired) electrons. The minimum atomic E-state index is -6.61. The van der Waals surface area contributed by atoms with Crippen LogP contribution >= 0.6 is 45.2 Å². The summed E-state index contributed by atoms with van der Waals surface area (Å²) in [6, 6.07) is 1.82. The summed E-state index contributed by atoms with van der Waals surface area (Å²) in [5.41, 5.74) is 0. The van der Waals surface area contributed by atoms with E-state index in [1.807, 2.05) is 0 Å². The van der Waals surface area contributed by atoms with Gasteiger partial charge in [0, 0.05) is 0 Å². The van der Waals surface area contributed by atoms with Crippen molar-refractivity contribution >= 4 is 55.3 Å². The molecule has 0 bridgehead atoms. The fourth-order valence-corrected chi connectivity index (χ4v) is 3.80. The molecule has 0 aliphatic heterocycles. The van der Waals surface area contributed by atoms with Gasteiger partial charge in [-0.05, 0) is 57.3 Å². The lowest BCUT2D eigenvalue weighted by atomic mass is 10.3. The van der Waals surface area contributed by atoms with Crippen LogP contribution in [0.2, 0.25) is 0 Å². The van der Waals surface area contributed by atoms with E-state index in [0.29, 0.717) is 0 Å². The van der Waals surface area contributed by atoms with Gasteiger partial charge in [-0.3, -0.25) is 0 Å². The summed E-state index contributed by atoms with van der Waals surface area (Å²) in [5, 5.41) is -5.71. The maximum Gasteiger partial charge on any atom is 0.432 e. The molecule has 0 heterocycles. The van der Waals surface area contributed by atoms with Gasteiger partial charge in [-0.2, -0.15) is 22.0 Å². The normalized spacial score (nSPS) is 14.2. The molecular formula is C11H6F5I2O5S-. The highest BCUT2D eigenvalue weighted by molar-refractivity contribution is 14.1. The molecule has 136 valence electrons. The van der Waals surface area contributed by atoms with Crippen LogP contribution in [0.3, 0.4) is 0 Å². The average molecular weight is 599 g/mol. The Morgan fingerprint density at radius 3 is 1.96 bits per heavy atom. The number of halogens is 7. The fraction of sp³-hybridized carbons (Fsp3) is 0.273. The second kappa shape index (κ2) is 7.45. The monoisotopic (exact) mass is 599 g/mol. The van der Waals surface area contributed by atoms with Gasteiger partial charge in [0.1, 0.15) is 5.75 Å². The second-order valence-corrected chi connectivity index (χ2v) is 7.83. The molecule has 0 aliphatic rings. The maximum atomic E-state index is 13.4. The molecule has 0 aliphatic carbocycles. The lowest BCUT2D eigenvalue weighted by Gasteiger charge is -2.30. The van der Waals surface area contributed by atoms with Gasteiger partial charge in [-0.15, -0.1) is 0 Å². The Labute approximate surface area is 160 Å². The molecule has 0 N–H and O–H groups in total. The molecule has 0 fully saturated rings. The van der Waals surface area contributed by atoms with E-state index in [4.69, 9.17) is 4.74 Å². The van der Waals surface area contributed by atoms with E-state index in [1.54, 1.807) is 45.2 Å². The summed E-state index contributed by atoms with van der Waals surface area (Å²) in [5.74, 6) is -0.531. The summed E-state index contributed by atoms with van der Waals surface area (Å²) in [4.78, 5) is 0. The number of alkyl halides is 5. The summed E-state index contributed by atoms with van der Waals surface area (Å²) in [6.07, 6.45) is -8.93. The minimum absolute atomic E-state index is 0.184. The van der Waals surface area contributed by atoms with E-state index in [1.165, 1.54) is 0 Å². The van der Waals surface area contributed by atoms with Crippen molar-refractivity contribution in [3.05, 3.63) is 32.1 Å². The minimum Gasteiger partial charge on any atom is -0.743 e. The van der Waals surface area contributed by atoms with Crippen molar-refractivity contribution in [1.82, 2.24) is 0 Å². The van der Waals surface area contributed by atoms with Crippen LogP contribution in [-0.4, -0.2) is 30.5 Å². The number of ether oxygens (including phenoxy) is 2. The number of rotatable bonds is 6. The Kier molecular flexibility index (Phi) is 6.71. The van der Waals surface area contributed by atoms with Crippen LogP contribution in [0.25, 0.3) is 0 Å². The van der Waals surface area contributed by atoms with E-state index in [-0.39, 0.29) is 12.9 Å². The first-order valence-corrected chi connectivity index (χ1v) is 9.11. The van der Waals surface area contributed by atoms with Crippen molar-refractivity contribution in [2.24, 2.45) is 0 Å². The van der Waals surface area contributed by atoms with Crippen LogP contribution in [0.15, 0.2) is 25.0 Å². The van der Waals surface area contributed by atoms with Gasteiger partial charge in [0.15, 0.2) is 15.9 Å². The zero-order valence-electron chi connectivity index (χ0n) is 11.1. The van der Waals surface area contributed by atoms with Crippen molar-refractivity contribution in [1.29, 1.82) is 0 Å². The van der Waals surface area contributed by atoms with Crippen molar-refractivity contribution in [2.75, 3.05) is 0 Å². The van der Waals surface area contributed by atoms with Gasteiger partial charge >= 0.3 is 11.4 Å². The number of benzene rings is 1. The van der Waals surface area contributed by atoms with Crippen LogP contribution in [0, 0.1) is 7.14 Å². The molecule has 1 unspecified atom stereocenters. The molecular weight excluding hydrogens is 593 g/mol. The van der Waals surface area contributed by atoms with Gasteiger partial charge in [-0.1, -0.05) is 6.58 Å². The molecule has 1 aromatic rings. The van der Waals surface area contributed by atoms with E-state index in [9.17, 15) is 34.9 Å². The van der Waals surface area contributed by atoms with E-state index in [2.05, 4.69) is 11.3 Å². The first kappa shape index (κ1) is 21.6. The van der Waals surface area contributed by atoms with Crippen molar-refractivity contribution in [3.63, 3.8) is 0 Å². The summed E-state index contributed by atoms with van der Waals surface area (Å²) in [7, 11) is -6.61. The molecule has 1 aromatic carbocycles. The molecule has 0 saturated carbocycles. The van der Waals surface area contributed by atoms with E-state index >= 15 is 0 Å². The van der Waals surface area contributed by atoms with Crippen LogP contribution in [0.5, 0.6) is 11.5 Å². The van der Waals surface area contributed by atoms with Crippen LogP contribution in [-0.2, 0) is 10.1 Å². The predicted molar refractivity (Wildman–Crippen MR) is 87.8 cm³/mol. The van der Waals surface area contributed by atoms with Crippen molar-refractivity contribution in [3.8, 4) is 11.5 Å². The highest BCUT2D eigenvalue weighted by Crippen LogP contribution is 2.40. The first-order chi connectivity index (χ1) is 10.7. The molecule has 0 aromatic heterocycles. The summed E-state index contributed by atoms with van der Waals surface area (Å²) >= 11 is 3.27. The Morgan fingerprint density at radius 1 is 1.17 bits per heavy atom. The SMILES string of the molecule is C=COc1c(I)cc(OC(C(F)(F)F)C(F)(F)S(=O)(=O)[O-])cc1I. The topological polar surface area (TPSA) is 75.7 Å². The Balaban J connectivity index is 3.35. The Morgan fingerprint density at radius 2 is 1.62 bits per heavy atom. The lowest BCUT2D eigenvalue weighted by molar-refractivity contribution is -0.239. The lowest BCUT2D eigenvalue weighted by Crippen LogP contribution is -2.53. The predicted octanol–water partition coefficient (Wildman–Crippen LogP) is 3.87. The molecule has 1 atom stereocenters. The zero-order valence-corrected chi connectivity index (χ0v) is 16.2. The van der Waals surface area contributed by atoms with Crippen LogP contribution in [0.1, 0.15) is 0 Å². The van der Waals surface area contributed by atoms with Crippen LogP contribution in [0.4, 0.5) is 22.0 Å². The first-order valence-electron chi connectivity index (χ1n) is 5.55. The van der Waals surface area contributed by atoms with Crippen molar-refractivity contribution < 1.29 is 44.4 Å². The maximum absolute atomic E-state index is 13.4. The van der Waals surface area contributed by atoms with E-state index in [0.717, 1.165) is 18.4 Å². The average Bonchev–Trinajstić information content (AvgIpc) is 2.37. The smallest absolute Gasteiger partial charge is 0.432 e. The zero-order chi connectivity index (χ0) is 18.9. The van der Waals surface area contributed by atoms with E-state index < -0.39 is 33.4 Å². The molecule has 5 nitrogen and oxygen atoms in total. The molecule has 13 heteroatoms. The standard InChI is InChI=1S/C11H7F5I2O5S/c1-2-22-8-6(17)3-5(4-7(8)18)23-9(10(12,13)14)11(15,16)24(19,20)21/h2-4,9H,1H2,(H,19,20,21)/p-1. The quantitative estimate of drug-likeness (QED) is 0.215. The number of hydrogen-bond donors (Lipinski definition) is 0. The highest BCUT2D eigenvalue weighted by atomic mass is 127. The Hall–Kier alpha value is -0.420. The fourth-order valence-electron chi connectivity index (χ4n) is 1.39. The summed E-state index contributed by atoms with van der Waals surface area (Å²) < 4.78 is 106. The molecule has 1 rings (SSSR count). The van der Waals surface area contributed by atoms with Gasteiger partial charge in [-0.25, -0.2) is 8.42 Å². The Bertz CT molecular complexity index is 712. The third-order valence-corrected chi connectivity index (χ3v) is 4.85. The highest BCUT2D eigenvalue weighted by Gasteiger charge is 2.62. The van der Waals surface area contributed by atoms with Crippen molar-refractivity contribution in [2.45, 2.75) is 17.5 Å².